The van der Waals surface area contributed by atoms with Gasteiger partial charge in [-0.3, -0.25) is 9.59 Å². The van der Waals surface area contributed by atoms with Crippen LogP contribution in [0.4, 0.5) is 0 Å². The molecule has 0 atom stereocenters. The molecule has 1 fully saturated rings. The molecule has 6 heteroatoms. The van der Waals surface area contributed by atoms with E-state index in [4.69, 9.17) is 0 Å². The highest BCUT2D eigenvalue weighted by Crippen LogP contribution is 2.19. The van der Waals surface area contributed by atoms with Crippen molar-refractivity contribution in [3.63, 3.8) is 0 Å². The van der Waals surface area contributed by atoms with Gasteiger partial charge in [0.05, 0.1) is 10.7 Å². The highest BCUT2D eigenvalue weighted by atomic mass is 32.1. The summed E-state index contributed by atoms with van der Waals surface area (Å²) in [6.07, 6.45) is 0.378. The van der Waals surface area contributed by atoms with Crippen LogP contribution in [0.15, 0.2) is 0 Å². The van der Waals surface area contributed by atoms with Gasteiger partial charge in [0.1, 0.15) is 4.88 Å². The van der Waals surface area contributed by atoms with E-state index >= 15 is 0 Å². The number of carbonyl (C=O) groups is 2. The van der Waals surface area contributed by atoms with E-state index in [1.54, 1.807) is 4.90 Å². The third-order valence-corrected chi connectivity index (χ3v) is 3.76. The molecule has 0 spiro atoms. The van der Waals surface area contributed by atoms with E-state index in [9.17, 15) is 9.59 Å². The Morgan fingerprint density at radius 1 is 1.41 bits per heavy atom. The maximum atomic E-state index is 12.3. The van der Waals surface area contributed by atoms with Gasteiger partial charge in [0.2, 0.25) is 5.91 Å². The zero-order valence-electron chi connectivity index (χ0n) is 9.95. The molecule has 1 aliphatic heterocycles. The highest BCUT2D eigenvalue weighted by molar-refractivity contribution is 7.13. The predicted molar refractivity (Wildman–Crippen MR) is 65.1 cm³/mol. The first-order valence-electron chi connectivity index (χ1n) is 5.58. The Kier molecular flexibility index (Phi) is 3.42. The van der Waals surface area contributed by atoms with Crippen LogP contribution in [0, 0.1) is 13.8 Å². The van der Waals surface area contributed by atoms with Crippen molar-refractivity contribution in [1.82, 2.24) is 15.2 Å². The molecule has 0 saturated carbocycles. The van der Waals surface area contributed by atoms with Crippen molar-refractivity contribution < 1.29 is 9.59 Å². The van der Waals surface area contributed by atoms with E-state index in [1.807, 2.05) is 13.8 Å². The van der Waals surface area contributed by atoms with Gasteiger partial charge in [-0.25, -0.2) is 4.98 Å². The number of amides is 2. The van der Waals surface area contributed by atoms with Gasteiger partial charge in [0, 0.05) is 26.1 Å². The number of nitrogens with one attached hydrogen (secondary N) is 1. The first-order valence-corrected chi connectivity index (χ1v) is 6.39. The zero-order chi connectivity index (χ0) is 12.4. The molecule has 2 amide bonds. The molecule has 5 nitrogen and oxygen atoms in total. The van der Waals surface area contributed by atoms with Crippen LogP contribution in [0.5, 0.6) is 0 Å². The minimum atomic E-state index is -0.00963. The summed E-state index contributed by atoms with van der Waals surface area (Å²) in [7, 11) is 0. The second-order valence-corrected chi connectivity index (χ2v) is 5.24. The number of aromatic nitrogens is 1. The fourth-order valence-corrected chi connectivity index (χ4v) is 2.73. The van der Waals surface area contributed by atoms with Crippen LogP contribution in [-0.4, -0.2) is 41.3 Å². The third kappa shape index (κ3) is 2.63. The molecule has 1 aromatic heterocycles. The average Bonchev–Trinajstić information content (AvgIpc) is 2.49. The van der Waals surface area contributed by atoms with E-state index in [2.05, 4.69) is 10.3 Å². The third-order valence-electron chi connectivity index (χ3n) is 2.70. The van der Waals surface area contributed by atoms with Crippen LogP contribution in [0.1, 0.15) is 26.8 Å². The molecule has 1 aromatic rings. The zero-order valence-corrected chi connectivity index (χ0v) is 10.8. The molecule has 0 unspecified atom stereocenters. The molecule has 1 aliphatic rings. The molecule has 0 aliphatic carbocycles. The number of hydrogen-bond acceptors (Lipinski definition) is 4. The standard InChI is InChI=1S/C11H15N3O2S/c1-7-10(17-8(2)13-7)11(16)14-5-3-9(15)12-4-6-14/h3-6H2,1-2H3,(H,12,15). The monoisotopic (exact) mass is 253 g/mol. The van der Waals surface area contributed by atoms with Gasteiger partial charge in [-0.15, -0.1) is 11.3 Å². The first-order chi connectivity index (χ1) is 8.08. The first kappa shape index (κ1) is 12.0. The number of rotatable bonds is 1. The Labute approximate surface area is 104 Å². The molecule has 2 heterocycles. The number of aryl methyl sites for hydroxylation is 2. The summed E-state index contributed by atoms with van der Waals surface area (Å²) in [4.78, 5) is 30.1. The van der Waals surface area contributed by atoms with Gasteiger partial charge in [-0.1, -0.05) is 0 Å². The summed E-state index contributed by atoms with van der Waals surface area (Å²) in [6.45, 7) is 5.32. The van der Waals surface area contributed by atoms with E-state index in [-0.39, 0.29) is 11.8 Å². The predicted octanol–water partition coefficient (Wildman–Crippen LogP) is 0.722. The summed E-state index contributed by atoms with van der Waals surface area (Å²) >= 11 is 1.42. The Hall–Kier alpha value is -1.43. The molecular formula is C11H15N3O2S. The summed E-state index contributed by atoms with van der Waals surface area (Å²) in [5.74, 6) is 0.00195. The minimum Gasteiger partial charge on any atom is -0.354 e. The summed E-state index contributed by atoms with van der Waals surface area (Å²) in [6, 6.07) is 0. The molecule has 92 valence electrons. The van der Waals surface area contributed by atoms with Crippen molar-refractivity contribution >= 4 is 23.2 Å². The van der Waals surface area contributed by atoms with E-state index < -0.39 is 0 Å². The van der Waals surface area contributed by atoms with Crippen molar-refractivity contribution in [2.75, 3.05) is 19.6 Å². The molecule has 1 N–H and O–H groups in total. The van der Waals surface area contributed by atoms with Crippen molar-refractivity contribution in [2.24, 2.45) is 0 Å². The lowest BCUT2D eigenvalue weighted by molar-refractivity contribution is -0.120. The van der Waals surface area contributed by atoms with Gasteiger partial charge in [-0.2, -0.15) is 0 Å². The SMILES string of the molecule is Cc1nc(C)c(C(=O)N2CCNC(=O)CC2)s1. The number of hydrogen-bond donors (Lipinski definition) is 1. The number of carbonyl (C=O) groups excluding carboxylic acids is 2. The molecule has 0 radical (unpaired) electrons. The summed E-state index contributed by atoms with van der Waals surface area (Å²) in [5.41, 5.74) is 0.779. The maximum absolute atomic E-state index is 12.3. The minimum absolute atomic E-state index is 0.00963. The van der Waals surface area contributed by atoms with Gasteiger partial charge in [0.25, 0.3) is 5.91 Å². The van der Waals surface area contributed by atoms with Crippen molar-refractivity contribution in [3.8, 4) is 0 Å². The average molecular weight is 253 g/mol. The Morgan fingerprint density at radius 2 is 2.18 bits per heavy atom. The highest BCUT2D eigenvalue weighted by Gasteiger charge is 2.22. The molecule has 0 bridgehead atoms. The van der Waals surface area contributed by atoms with Gasteiger partial charge >= 0.3 is 0 Å². The molecule has 0 aromatic carbocycles. The molecule has 1 saturated heterocycles. The molecular weight excluding hydrogens is 238 g/mol. The smallest absolute Gasteiger partial charge is 0.265 e. The van der Waals surface area contributed by atoms with Crippen LogP contribution in [0.3, 0.4) is 0 Å². The fraction of sp³-hybridized carbons (Fsp3) is 0.545. The van der Waals surface area contributed by atoms with E-state index in [0.717, 1.165) is 10.7 Å². The van der Waals surface area contributed by atoms with Crippen LogP contribution < -0.4 is 5.32 Å². The second kappa shape index (κ2) is 4.83. The number of thiazole rings is 1. The fourth-order valence-electron chi connectivity index (χ4n) is 1.84. The Morgan fingerprint density at radius 3 is 2.82 bits per heavy atom. The van der Waals surface area contributed by atoms with Crippen molar-refractivity contribution in [3.05, 3.63) is 15.6 Å². The lowest BCUT2D eigenvalue weighted by Crippen LogP contribution is -2.34. The van der Waals surface area contributed by atoms with Crippen LogP contribution in [0.2, 0.25) is 0 Å². The van der Waals surface area contributed by atoms with Crippen molar-refractivity contribution in [1.29, 1.82) is 0 Å². The summed E-state index contributed by atoms with van der Waals surface area (Å²) < 4.78 is 0. The maximum Gasteiger partial charge on any atom is 0.265 e. The van der Waals surface area contributed by atoms with Crippen molar-refractivity contribution in [2.45, 2.75) is 20.3 Å². The second-order valence-electron chi connectivity index (χ2n) is 4.04. The number of nitrogens with zero attached hydrogens (tertiary/aromatic N) is 2. The van der Waals surface area contributed by atoms with Crippen LogP contribution in [-0.2, 0) is 4.79 Å². The van der Waals surface area contributed by atoms with Crippen LogP contribution >= 0.6 is 11.3 Å². The Balaban J connectivity index is 2.14. The Bertz CT molecular complexity index is 456. The van der Waals surface area contributed by atoms with Gasteiger partial charge in [0.15, 0.2) is 0 Å². The quantitative estimate of drug-likeness (QED) is 0.802. The molecule has 17 heavy (non-hydrogen) atoms. The molecule has 2 rings (SSSR count). The largest absolute Gasteiger partial charge is 0.354 e. The summed E-state index contributed by atoms with van der Waals surface area (Å²) in [5, 5.41) is 3.65. The lowest BCUT2D eigenvalue weighted by atomic mass is 10.3. The topological polar surface area (TPSA) is 62.3 Å². The van der Waals surface area contributed by atoms with Gasteiger partial charge in [-0.05, 0) is 13.8 Å². The van der Waals surface area contributed by atoms with Gasteiger partial charge < -0.3 is 10.2 Å². The van der Waals surface area contributed by atoms with E-state index in [1.165, 1.54) is 11.3 Å². The van der Waals surface area contributed by atoms with Crippen LogP contribution in [0.25, 0.3) is 0 Å². The lowest BCUT2D eigenvalue weighted by Gasteiger charge is -2.18. The normalized spacial score (nSPS) is 16.6. The van der Waals surface area contributed by atoms with E-state index in [0.29, 0.717) is 30.9 Å².